The predicted molar refractivity (Wildman–Crippen MR) is 217 cm³/mol. The van der Waals surface area contributed by atoms with Crippen LogP contribution in [0.3, 0.4) is 0 Å². The van der Waals surface area contributed by atoms with Gasteiger partial charge in [-0.3, -0.25) is 9.36 Å². The van der Waals surface area contributed by atoms with Gasteiger partial charge >= 0.3 is 5.97 Å². The Bertz CT molecular complexity index is 2720. The van der Waals surface area contributed by atoms with Crippen LogP contribution in [0.25, 0.3) is 40.0 Å². The van der Waals surface area contributed by atoms with Crippen molar-refractivity contribution >= 4 is 29.1 Å². The quantitative estimate of drug-likeness (QED) is 0.132. The molecule has 9 heteroatoms. The van der Waals surface area contributed by atoms with Crippen LogP contribution in [0.5, 0.6) is 11.5 Å². The molecule has 5 aromatic carbocycles. The van der Waals surface area contributed by atoms with Gasteiger partial charge in [0, 0.05) is 16.8 Å². The van der Waals surface area contributed by atoms with Gasteiger partial charge in [0.1, 0.15) is 0 Å². The number of nitrogens with zero attached hydrogens (tertiary/aromatic N) is 3. The van der Waals surface area contributed by atoms with Crippen LogP contribution in [0.4, 0.5) is 0 Å². The standard InChI is InChI=1S/C46H37N3O5S/c1-4-54-45(51)40-41(31-19-11-6-12-20-31)47-46-49(43(40)33-25-26-37(52-2)38(28-33)53-3)44(50)39(55-46)29-34-27-36(30-17-9-5-10-18-30)48(35-23-15-8-16-24-35)42(34)32-21-13-7-14-22-32/h5-29,43H,4H2,1-3H3/b39-29-/t43-/m1/s1. The normalized spacial score (nSPS) is 13.9. The van der Waals surface area contributed by atoms with Gasteiger partial charge in [-0.2, -0.15) is 0 Å². The van der Waals surface area contributed by atoms with E-state index in [0.29, 0.717) is 32.1 Å². The third-order valence-corrected chi connectivity index (χ3v) is 10.5. The molecule has 0 N–H and O–H groups in total. The number of esters is 1. The highest BCUT2D eigenvalue weighted by atomic mass is 32.1. The Kier molecular flexibility index (Phi) is 9.85. The Morgan fingerprint density at radius 2 is 1.35 bits per heavy atom. The summed E-state index contributed by atoms with van der Waals surface area (Å²) in [4.78, 5) is 34.5. The Morgan fingerprint density at radius 3 is 1.96 bits per heavy atom. The third-order valence-electron chi connectivity index (χ3n) is 9.54. The number of rotatable bonds is 10. The van der Waals surface area contributed by atoms with Crippen LogP contribution >= 0.6 is 11.3 Å². The maximum absolute atomic E-state index is 15.0. The average molecular weight is 744 g/mol. The second kappa shape index (κ2) is 15.3. The van der Waals surface area contributed by atoms with E-state index < -0.39 is 12.0 Å². The number of benzene rings is 5. The number of carbonyl (C=O) groups excluding carboxylic acids is 1. The second-order valence-corrected chi connectivity index (χ2v) is 13.8. The van der Waals surface area contributed by atoms with Crippen LogP contribution in [0.1, 0.15) is 29.7 Å². The lowest BCUT2D eigenvalue weighted by Gasteiger charge is -2.26. The van der Waals surface area contributed by atoms with Gasteiger partial charge in [0.2, 0.25) is 0 Å². The van der Waals surface area contributed by atoms with Crippen molar-refractivity contribution in [1.82, 2.24) is 9.13 Å². The molecule has 0 radical (unpaired) electrons. The molecule has 272 valence electrons. The molecule has 0 fully saturated rings. The highest BCUT2D eigenvalue weighted by molar-refractivity contribution is 7.07. The van der Waals surface area contributed by atoms with Gasteiger partial charge in [-0.15, -0.1) is 0 Å². The SMILES string of the molecule is CCOC(=O)C1=C(c2ccccc2)N=c2s/c(=C\c3cc(-c4ccccc4)n(-c4ccccc4)c3-c3ccccc3)c(=O)n2[C@@H]1c1ccc(OC)c(OC)c1. The lowest BCUT2D eigenvalue weighted by atomic mass is 9.93. The molecule has 8 nitrogen and oxygen atoms in total. The Morgan fingerprint density at radius 1 is 0.745 bits per heavy atom. The number of methoxy groups -OCH3 is 2. The van der Waals surface area contributed by atoms with Crippen molar-refractivity contribution in [3.05, 3.63) is 188 Å². The first-order valence-corrected chi connectivity index (χ1v) is 18.7. The van der Waals surface area contributed by atoms with E-state index in [0.717, 1.165) is 39.3 Å². The fourth-order valence-corrected chi connectivity index (χ4v) is 8.11. The van der Waals surface area contributed by atoms with E-state index in [-0.39, 0.29) is 17.7 Å². The average Bonchev–Trinajstić information content (AvgIpc) is 3.78. The summed E-state index contributed by atoms with van der Waals surface area (Å²) in [5.74, 6) is 0.430. The number of hydrogen-bond donors (Lipinski definition) is 0. The van der Waals surface area contributed by atoms with Crippen molar-refractivity contribution in [2.45, 2.75) is 13.0 Å². The van der Waals surface area contributed by atoms with Crippen molar-refractivity contribution in [3.63, 3.8) is 0 Å². The summed E-state index contributed by atoms with van der Waals surface area (Å²) in [6.07, 6.45) is 1.94. The van der Waals surface area contributed by atoms with E-state index in [1.165, 1.54) is 11.3 Å². The molecule has 1 atom stereocenters. The minimum Gasteiger partial charge on any atom is -0.493 e. The number of carbonyl (C=O) groups is 1. The van der Waals surface area contributed by atoms with Crippen LogP contribution in [-0.4, -0.2) is 35.9 Å². The molecule has 0 saturated carbocycles. The molecular weight excluding hydrogens is 707 g/mol. The first-order valence-electron chi connectivity index (χ1n) is 17.9. The smallest absolute Gasteiger partial charge is 0.338 e. The van der Waals surface area contributed by atoms with Crippen LogP contribution in [-0.2, 0) is 9.53 Å². The minimum absolute atomic E-state index is 0.151. The van der Waals surface area contributed by atoms with Crippen molar-refractivity contribution in [2.24, 2.45) is 4.99 Å². The monoisotopic (exact) mass is 743 g/mol. The molecule has 55 heavy (non-hydrogen) atoms. The van der Waals surface area contributed by atoms with E-state index >= 15 is 0 Å². The van der Waals surface area contributed by atoms with Gasteiger partial charge in [-0.1, -0.05) is 127 Å². The maximum Gasteiger partial charge on any atom is 0.338 e. The van der Waals surface area contributed by atoms with Crippen LogP contribution < -0.4 is 24.4 Å². The number of hydrogen-bond acceptors (Lipinski definition) is 7. The van der Waals surface area contributed by atoms with Crippen molar-refractivity contribution in [3.8, 4) is 39.7 Å². The molecular formula is C46H37N3O5S. The highest BCUT2D eigenvalue weighted by Crippen LogP contribution is 2.39. The molecule has 8 rings (SSSR count). The summed E-state index contributed by atoms with van der Waals surface area (Å²) in [5.41, 5.74) is 7.56. The van der Waals surface area contributed by atoms with Crippen molar-refractivity contribution in [2.75, 3.05) is 20.8 Å². The molecule has 0 spiro atoms. The van der Waals surface area contributed by atoms with Crippen LogP contribution in [0.15, 0.2) is 161 Å². The first kappa shape index (κ1) is 35.3. The molecule has 0 bridgehead atoms. The summed E-state index contributed by atoms with van der Waals surface area (Å²) in [6, 6.07) is 46.8. The summed E-state index contributed by atoms with van der Waals surface area (Å²) < 4.78 is 21.2. The van der Waals surface area contributed by atoms with Gasteiger partial charge < -0.3 is 18.8 Å². The van der Waals surface area contributed by atoms with Crippen molar-refractivity contribution < 1.29 is 19.0 Å². The number of thiazole rings is 1. The topological polar surface area (TPSA) is 84.1 Å². The van der Waals surface area contributed by atoms with Crippen LogP contribution in [0.2, 0.25) is 0 Å². The first-order chi connectivity index (χ1) is 27.0. The van der Waals surface area contributed by atoms with Gasteiger partial charge in [0.25, 0.3) is 5.56 Å². The number of fused-ring (bicyclic) bond motifs is 1. The second-order valence-electron chi connectivity index (χ2n) is 12.8. The zero-order valence-electron chi connectivity index (χ0n) is 30.5. The lowest BCUT2D eigenvalue weighted by molar-refractivity contribution is -0.138. The van der Waals surface area contributed by atoms with E-state index in [2.05, 4.69) is 47.0 Å². The number of aromatic nitrogens is 2. The summed E-state index contributed by atoms with van der Waals surface area (Å²) in [5, 5.41) is 0. The number of ether oxygens (including phenoxy) is 3. The van der Waals surface area contributed by atoms with E-state index in [4.69, 9.17) is 19.2 Å². The molecule has 3 heterocycles. The Hall–Kier alpha value is -6.71. The zero-order chi connectivity index (χ0) is 37.9. The number of para-hydroxylation sites is 1. The third kappa shape index (κ3) is 6.59. The van der Waals surface area contributed by atoms with Gasteiger partial charge in [-0.25, -0.2) is 9.79 Å². The van der Waals surface area contributed by atoms with Crippen molar-refractivity contribution in [1.29, 1.82) is 0 Å². The fraction of sp³-hybridized carbons (Fsp3) is 0.109. The molecule has 0 unspecified atom stereocenters. The fourth-order valence-electron chi connectivity index (χ4n) is 7.12. The van der Waals surface area contributed by atoms with Crippen LogP contribution in [0, 0.1) is 0 Å². The summed E-state index contributed by atoms with van der Waals surface area (Å²) in [7, 11) is 3.12. The lowest BCUT2D eigenvalue weighted by Crippen LogP contribution is -2.40. The molecule has 1 aliphatic heterocycles. The molecule has 0 saturated heterocycles. The van der Waals surface area contributed by atoms with E-state index in [1.54, 1.807) is 37.8 Å². The minimum atomic E-state index is -0.880. The van der Waals surface area contributed by atoms with E-state index in [9.17, 15) is 9.59 Å². The molecule has 2 aromatic heterocycles. The van der Waals surface area contributed by atoms with Gasteiger partial charge in [-0.05, 0) is 60.0 Å². The zero-order valence-corrected chi connectivity index (χ0v) is 31.3. The molecule has 0 aliphatic carbocycles. The highest BCUT2D eigenvalue weighted by Gasteiger charge is 2.36. The summed E-state index contributed by atoms with van der Waals surface area (Å²) >= 11 is 1.29. The molecule has 7 aromatic rings. The van der Waals surface area contributed by atoms with Gasteiger partial charge in [0.15, 0.2) is 16.3 Å². The predicted octanol–water partition coefficient (Wildman–Crippen LogP) is 8.08. The largest absolute Gasteiger partial charge is 0.493 e. The maximum atomic E-state index is 15.0. The van der Waals surface area contributed by atoms with E-state index in [1.807, 2.05) is 97.1 Å². The summed E-state index contributed by atoms with van der Waals surface area (Å²) in [6.45, 7) is 1.91. The Labute approximate surface area is 322 Å². The van der Waals surface area contributed by atoms with Gasteiger partial charge in [0.05, 0.1) is 54.1 Å². The molecule has 1 aliphatic rings. The Balaban J connectivity index is 1.44. The molecule has 0 amide bonds.